The van der Waals surface area contributed by atoms with Crippen LogP contribution in [0.2, 0.25) is 0 Å². The molecular formula is C20H22N4O2. The van der Waals surface area contributed by atoms with Gasteiger partial charge in [0.15, 0.2) is 5.82 Å². The van der Waals surface area contributed by atoms with Gasteiger partial charge in [-0.25, -0.2) is 9.97 Å². The minimum atomic E-state index is -0.0922. The monoisotopic (exact) mass is 350 g/mol. The van der Waals surface area contributed by atoms with E-state index in [1.54, 1.807) is 6.20 Å². The predicted octanol–water partition coefficient (Wildman–Crippen LogP) is 3.63. The molecule has 4 rings (SSSR count). The van der Waals surface area contributed by atoms with Crippen LogP contribution >= 0.6 is 0 Å². The molecule has 3 aromatic heterocycles. The van der Waals surface area contributed by atoms with Crippen LogP contribution in [0.3, 0.4) is 0 Å². The third kappa shape index (κ3) is 3.20. The molecule has 1 aliphatic heterocycles. The number of anilines is 1. The molecule has 1 fully saturated rings. The minimum absolute atomic E-state index is 0.0922. The molecule has 1 aliphatic rings. The van der Waals surface area contributed by atoms with E-state index in [4.69, 9.17) is 14.1 Å². The zero-order valence-corrected chi connectivity index (χ0v) is 15.3. The summed E-state index contributed by atoms with van der Waals surface area (Å²) in [6.45, 7) is 8.14. The fourth-order valence-electron chi connectivity index (χ4n) is 3.17. The Morgan fingerprint density at radius 1 is 1.08 bits per heavy atom. The number of morpholine rings is 1. The van der Waals surface area contributed by atoms with Crippen molar-refractivity contribution in [2.45, 2.75) is 26.9 Å². The molecular weight excluding hydrogens is 328 g/mol. The van der Waals surface area contributed by atoms with Crippen LogP contribution in [0.1, 0.15) is 28.9 Å². The highest BCUT2D eigenvalue weighted by Gasteiger charge is 2.27. The van der Waals surface area contributed by atoms with Gasteiger partial charge in [0.05, 0.1) is 13.2 Å². The Balaban J connectivity index is 1.67. The molecule has 3 aromatic rings. The zero-order valence-electron chi connectivity index (χ0n) is 15.3. The van der Waals surface area contributed by atoms with E-state index >= 15 is 0 Å². The van der Waals surface area contributed by atoms with Crippen LogP contribution in [0.25, 0.3) is 11.5 Å². The average Bonchev–Trinajstić information content (AvgIpc) is 3.11. The van der Waals surface area contributed by atoms with E-state index < -0.39 is 0 Å². The molecule has 0 saturated carbocycles. The van der Waals surface area contributed by atoms with Crippen LogP contribution in [0.5, 0.6) is 0 Å². The molecule has 0 aromatic carbocycles. The molecule has 1 unspecified atom stereocenters. The second kappa shape index (κ2) is 6.88. The van der Waals surface area contributed by atoms with Gasteiger partial charge in [-0.05, 0) is 45.0 Å². The number of hydrogen-bond donors (Lipinski definition) is 0. The zero-order chi connectivity index (χ0) is 18.1. The maximum Gasteiger partial charge on any atom is 0.180 e. The highest BCUT2D eigenvalue weighted by atomic mass is 16.5. The number of rotatable bonds is 3. The molecule has 6 heteroatoms. The number of furan rings is 1. The molecule has 1 atom stereocenters. The summed E-state index contributed by atoms with van der Waals surface area (Å²) in [5, 5.41) is 0. The Morgan fingerprint density at radius 3 is 2.69 bits per heavy atom. The number of nitrogens with zero attached hydrogens (tertiary/aromatic N) is 4. The number of ether oxygens (including phenoxy) is 1. The van der Waals surface area contributed by atoms with Gasteiger partial charge < -0.3 is 14.1 Å². The van der Waals surface area contributed by atoms with E-state index in [0.717, 1.165) is 40.8 Å². The first-order chi connectivity index (χ1) is 12.6. The van der Waals surface area contributed by atoms with Crippen LogP contribution in [0, 0.1) is 20.8 Å². The van der Waals surface area contributed by atoms with Crippen LogP contribution in [0.15, 0.2) is 40.9 Å². The molecule has 0 spiro atoms. The first-order valence-corrected chi connectivity index (χ1v) is 8.81. The second-order valence-electron chi connectivity index (χ2n) is 6.55. The molecule has 1 saturated heterocycles. The van der Waals surface area contributed by atoms with Crippen molar-refractivity contribution in [3.8, 4) is 11.5 Å². The lowest BCUT2D eigenvalue weighted by Gasteiger charge is -2.34. The lowest BCUT2D eigenvalue weighted by atomic mass is 10.1. The number of aryl methyl sites for hydroxylation is 2. The Hall–Kier alpha value is -2.73. The van der Waals surface area contributed by atoms with Crippen LogP contribution in [-0.2, 0) is 4.74 Å². The van der Waals surface area contributed by atoms with Gasteiger partial charge in [0.25, 0.3) is 0 Å². The molecule has 0 radical (unpaired) electrons. The van der Waals surface area contributed by atoms with Crippen molar-refractivity contribution < 1.29 is 9.15 Å². The Labute approximate surface area is 152 Å². The molecule has 6 nitrogen and oxygen atoms in total. The predicted molar refractivity (Wildman–Crippen MR) is 99.1 cm³/mol. The van der Waals surface area contributed by atoms with Crippen LogP contribution in [-0.4, -0.2) is 34.6 Å². The Morgan fingerprint density at radius 2 is 1.96 bits per heavy atom. The van der Waals surface area contributed by atoms with E-state index in [2.05, 4.69) is 21.8 Å². The summed E-state index contributed by atoms with van der Waals surface area (Å²) < 4.78 is 11.7. The Kier molecular flexibility index (Phi) is 4.42. The fourth-order valence-corrected chi connectivity index (χ4v) is 3.17. The Bertz CT molecular complexity index is 907. The topological polar surface area (TPSA) is 64.3 Å². The maximum atomic E-state index is 5.92. The molecule has 134 valence electrons. The first kappa shape index (κ1) is 16.7. The number of pyridine rings is 1. The van der Waals surface area contributed by atoms with E-state index in [0.29, 0.717) is 19.0 Å². The molecule has 0 aliphatic carbocycles. The summed E-state index contributed by atoms with van der Waals surface area (Å²) in [7, 11) is 0. The summed E-state index contributed by atoms with van der Waals surface area (Å²) in [5.74, 6) is 3.35. The van der Waals surface area contributed by atoms with Crippen LogP contribution < -0.4 is 4.90 Å². The fraction of sp³-hybridized carbons (Fsp3) is 0.350. The van der Waals surface area contributed by atoms with Gasteiger partial charge in [-0.1, -0.05) is 6.07 Å². The van der Waals surface area contributed by atoms with Gasteiger partial charge in [0, 0.05) is 24.0 Å². The van der Waals surface area contributed by atoms with Gasteiger partial charge >= 0.3 is 0 Å². The standard InChI is InChI=1S/C20H22N4O2/c1-13-7-8-17(26-13)18-12-24(10-11-25-18)20-14(2)15(3)22-19(23-20)16-6-4-5-9-21-16/h4-9,18H,10-12H2,1-3H3. The molecule has 26 heavy (non-hydrogen) atoms. The normalized spacial score (nSPS) is 17.5. The summed E-state index contributed by atoms with van der Waals surface area (Å²) in [5.41, 5.74) is 2.83. The summed E-state index contributed by atoms with van der Waals surface area (Å²) >= 11 is 0. The van der Waals surface area contributed by atoms with Crippen molar-refractivity contribution in [1.29, 1.82) is 0 Å². The molecule has 0 N–H and O–H groups in total. The van der Waals surface area contributed by atoms with Gasteiger partial charge in [-0.15, -0.1) is 0 Å². The van der Waals surface area contributed by atoms with Crippen LogP contribution in [0.4, 0.5) is 5.82 Å². The SMILES string of the molecule is Cc1ccc(C2CN(c3nc(-c4ccccn4)nc(C)c3C)CCO2)o1. The molecule has 0 amide bonds. The van der Waals surface area contributed by atoms with Gasteiger partial charge in [0.2, 0.25) is 0 Å². The maximum absolute atomic E-state index is 5.92. The summed E-state index contributed by atoms with van der Waals surface area (Å²) in [6, 6.07) is 9.73. The summed E-state index contributed by atoms with van der Waals surface area (Å²) in [6.07, 6.45) is 1.67. The average molecular weight is 350 g/mol. The van der Waals surface area contributed by atoms with Crippen molar-refractivity contribution >= 4 is 5.82 Å². The van der Waals surface area contributed by atoms with Crippen molar-refractivity contribution in [2.24, 2.45) is 0 Å². The van der Waals surface area contributed by atoms with Crippen molar-refractivity contribution in [2.75, 3.05) is 24.6 Å². The van der Waals surface area contributed by atoms with E-state index in [-0.39, 0.29) is 6.10 Å². The number of aromatic nitrogens is 3. The molecule has 0 bridgehead atoms. The van der Waals surface area contributed by atoms with Crippen molar-refractivity contribution in [3.05, 3.63) is 59.3 Å². The lowest BCUT2D eigenvalue weighted by molar-refractivity contribution is 0.0250. The smallest absolute Gasteiger partial charge is 0.180 e. The highest BCUT2D eigenvalue weighted by Crippen LogP contribution is 2.29. The quantitative estimate of drug-likeness (QED) is 0.719. The third-order valence-electron chi connectivity index (χ3n) is 4.70. The number of hydrogen-bond acceptors (Lipinski definition) is 6. The third-order valence-corrected chi connectivity index (χ3v) is 4.70. The second-order valence-corrected chi connectivity index (χ2v) is 6.55. The van der Waals surface area contributed by atoms with Crippen molar-refractivity contribution in [1.82, 2.24) is 15.0 Å². The first-order valence-electron chi connectivity index (χ1n) is 8.81. The largest absolute Gasteiger partial charge is 0.464 e. The summed E-state index contributed by atoms with van der Waals surface area (Å²) in [4.78, 5) is 16.1. The van der Waals surface area contributed by atoms with E-state index in [1.165, 1.54) is 0 Å². The molecule has 4 heterocycles. The van der Waals surface area contributed by atoms with Gasteiger partial charge in [0.1, 0.15) is 29.1 Å². The van der Waals surface area contributed by atoms with Gasteiger partial charge in [-0.3, -0.25) is 4.98 Å². The minimum Gasteiger partial charge on any atom is -0.464 e. The van der Waals surface area contributed by atoms with E-state index in [1.807, 2.05) is 44.2 Å². The van der Waals surface area contributed by atoms with Crippen molar-refractivity contribution in [3.63, 3.8) is 0 Å². The lowest BCUT2D eigenvalue weighted by Crippen LogP contribution is -2.39. The highest BCUT2D eigenvalue weighted by molar-refractivity contribution is 5.57. The van der Waals surface area contributed by atoms with Gasteiger partial charge in [-0.2, -0.15) is 0 Å². The van der Waals surface area contributed by atoms with E-state index in [9.17, 15) is 0 Å².